The standard InChI is InChI=1S/C9H17NO3/c1-6-3-8(6)9(12)10-4-7(11)5-13-2/h6-8,11H,3-5H2,1-2H3,(H,10,12). The molecule has 3 unspecified atom stereocenters. The van der Waals surface area contributed by atoms with Crippen LogP contribution in [0.3, 0.4) is 0 Å². The summed E-state index contributed by atoms with van der Waals surface area (Å²) < 4.78 is 4.73. The summed E-state index contributed by atoms with van der Waals surface area (Å²) in [6.07, 6.45) is 0.384. The van der Waals surface area contributed by atoms with Crippen LogP contribution in [-0.4, -0.2) is 37.4 Å². The molecule has 0 heterocycles. The Hall–Kier alpha value is -0.610. The van der Waals surface area contributed by atoms with Crippen molar-refractivity contribution in [1.82, 2.24) is 5.32 Å². The van der Waals surface area contributed by atoms with Gasteiger partial charge in [-0.2, -0.15) is 0 Å². The molecular formula is C9H17NO3. The van der Waals surface area contributed by atoms with Crippen molar-refractivity contribution in [3.8, 4) is 0 Å². The molecule has 13 heavy (non-hydrogen) atoms. The van der Waals surface area contributed by atoms with Gasteiger partial charge >= 0.3 is 0 Å². The van der Waals surface area contributed by atoms with Crippen molar-refractivity contribution in [2.24, 2.45) is 11.8 Å². The van der Waals surface area contributed by atoms with Crippen molar-refractivity contribution in [2.75, 3.05) is 20.3 Å². The van der Waals surface area contributed by atoms with Gasteiger partial charge in [0.1, 0.15) is 0 Å². The van der Waals surface area contributed by atoms with Crippen molar-refractivity contribution in [2.45, 2.75) is 19.4 Å². The van der Waals surface area contributed by atoms with E-state index in [0.29, 0.717) is 5.92 Å². The third-order valence-corrected chi connectivity index (χ3v) is 2.32. The Morgan fingerprint density at radius 3 is 2.85 bits per heavy atom. The highest BCUT2D eigenvalue weighted by Crippen LogP contribution is 2.37. The number of aliphatic hydroxyl groups excluding tert-OH is 1. The Morgan fingerprint density at radius 1 is 1.77 bits per heavy atom. The van der Waals surface area contributed by atoms with Gasteiger partial charge in [-0.3, -0.25) is 4.79 Å². The van der Waals surface area contributed by atoms with Crippen LogP contribution in [0.1, 0.15) is 13.3 Å². The lowest BCUT2D eigenvalue weighted by molar-refractivity contribution is -0.123. The molecule has 0 aromatic carbocycles. The first-order chi connectivity index (χ1) is 6.15. The molecule has 0 saturated heterocycles. The maximum atomic E-state index is 11.3. The maximum absolute atomic E-state index is 11.3. The molecule has 1 fully saturated rings. The van der Waals surface area contributed by atoms with Crippen LogP contribution in [-0.2, 0) is 9.53 Å². The first-order valence-corrected chi connectivity index (χ1v) is 4.60. The highest BCUT2D eigenvalue weighted by molar-refractivity contribution is 5.81. The van der Waals surface area contributed by atoms with Gasteiger partial charge in [0, 0.05) is 19.6 Å². The van der Waals surface area contributed by atoms with Crippen LogP contribution in [0.5, 0.6) is 0 Å². The van der Waals surface area contributed by atoms with Crippen molar-refractivity contribution in [3.63, 3.8) is 0 Å². The molecule has 1 aliphatic rings. The van der Waals surface area contributed by atoms with E-state index >= 15 is 0 Å². The fraction of sp³-hybridized carbons (Fsp3) is 0.889. The lowest BCUT2D eigenvalue weighted by Gasteiger charge is -2.10. The minimum atomic E-state index is -0.594. The molecule has 1 saturated carbocycles. The summed E-state index contributed by atoms with van der Waals surface area (Å²) in [5.41, 5.74) is 0. The molecule has 3 atom stereocenters. The second kappa shape index (κ2) is 4.58. The van der Waals surface area contributed by atoms with Gasteiger partial charge in [0.2, 0.25) is 5.91 Å². The summed E-state index contributed by atoms with van der Waals surface area (Å²) in [5, 5.41) is 11.9. The molecule has 0 spiro atoms. The monoisotopic (exact) mass is 187 g/mol. The van der Waals surface area contributed by atoms with Gasteiger partial charge in [0.25, 0.3) is 0 Å². The molecular weight excluding hydrogens is 170 g/mol. The number of amides is 1. The number of carbonyl (C=O) groups is 1. The van der Waals surface area contributed by atoms with Crippen LogP contribution in [0.15, 0.2) is 0 Å². The fourth-order valence-electron chi connectivity index (χ4n) is 1.29. The average molecular weight is 187 g/mol. The van der Waals surface area contributed by atoms with E-state index in [-0.39, 0.29) is 25.0 Å². The van der Waals surface area contributed by atoms with E-state index in [2.05, 4.69) is 12.2 Å². The van der Waals surface area contributed by atoms with Gasteiger partial charge in [0.05, 0.1) is 12.7 Å². The van der Waals surface area contributed by atoms with Crippen LogP contribution in [0.4, 0.5) is 0 Å². The third-order valence-electron chi connectivity index (χ3n) is 2.32. The number of methoxy groups -OCH3 is 1. The van der Waals surface area contributed by atoms with E-state index in [1.807, 2.05) is 0 Å². The quantitative estimate of drug-likeness (QED) is 0.625. The van der Waals surface area contributed by atoms with Crippen LogP contribution < -0.4 is 5.32 Å². The number of rotatable bonds is 5. The van der Waals surface area contributed by atoms with Gasteiger partial charge in [-0.15, -0.1) is 0 Å². The highest BCUT2D eigenvalue weighted by atomic mass is 16.5. The summed E-state index contributed by atoms with van der Waals surface area (Å²) in [6, 6.07) is 0. The number of ether oxygens (including phenoxy) is 1. The fourth-order valence-corrected chi connectivity index (χ4v) is 1.29. The average Bonchev–Trinajstić information content (AvgIpc) is 2.79. The van der Waals surface area contributed by atoms with E-state index in [4.69, 9.17) is 4.74 Å². The van der Waals surface area contributed by atoms with Crippen molar-refractivity contribution in [1.29, 1.82) is 0 Å². The van der Waals surface area contributed by atoms with E-state index in [1.165, 1.54) is 7.11 Å². The zero-order valence-electron chi connectivity index (χ0n) is 8.12. The molecule has 4 heteroatoms. The van der Waals surface area contributed by atoms with Gasteiger partial charge in [-0.05, 0) is 12.3 Å². The zero-order chi connectivity index (χ0) is 9.84. The van der Waals surface area contributed by atoms with E-state index < -0.39 is 6.10 Å². The molecule has 0 radical (unpaired) electrons. The van der Waals surface area contributed by atoms with E-state index in [0.717, 1.165) is 6.42 Å². The SMILES string of the molecule is COCC(O)CNC(=O)C1CC1C. The van der Waals surface area contributed by atoms with Gasteiger partial charge in [0.15, 0.2) is 0 Å². The van der Waals surface area contributed by atoms with Crippen LogP contribution in [0, 0.1) is 11.8 Å². The van der Waals surface area contributed by atoms with Crippen LogP contribution in [0.25, 0.3) is 0 Å². The molecule has 0 bridgehead atoms. The minimum Gasteiger partial charge on any atom is -0.389 e. The number of hydrogen-bond donors (Lipinski definition) is 2. The van der Waals surface area contributed by atoms with Gasteiger partial charge in [-0.25, -0.2) is 0 Å². The molecule has 0 aromatic rings. The summed E-state index contributed by atoms with van der Waals surface area (Å²) in [7, 11) is 1.52. The Morgan fingerprint density at radius 2 is 2.38 bits per heavy atom. The first kappa shape index (κ1) is 10.5. The van der Waals surface area contributed by atoms with Crippen molar-refractivity contribution in [3.05, 3.63) is 0 Å². The Bertz CT molecular complexity index is 184. The predicted octanol–water partition coefficient (Wildman–Crippen LogP) is -0.234. The first-order valence-electron chi connectivity index (χ1n) is 4.60. The maximum Gasteiger partial charge on any atom is 0.223 e. The van der Waals surface area contributed by atoms with Crippen LogP contribution >= 0.6 is 0 Å². The topological polar surface area (TPSA) is 58.6 Å². The van der Waals surface area contributed by atoms with E-state index in [9.17, 15) is 9.90 Å². The highest BCUT2D eigenvalue weighted by Gasteiger charge is 2.38. The van der Waals surface area contributed by atoms with Crippen molar-refractivity contribution < 1.29 is 14.6 Å². The predicted molar refractivity (Wildman–Crippen MR) is 48.2 cm³/mol. The Balaban J connectivity index is 2.08. The smallest absolute Gasteiger partial charge is 0.223 e. The number of nitrogens with one attached hydrogen (secondary N) is 1. The second-order valence-electron chi connectivity index (χ2n) is 3.67. The van der Waals surface area contributed by atoms with Gasteiger partial charge in [-0.1, -0.05) is 6.92 Å². The van der Waals surface area contributed by atoms with Crippen LogP contribution in [0.2, 0.25) is 0 Å². The molecule has 1 aliphatic carbocycles. The second-order valence-corrected chi connectivity index (χ2v) is 3.67. The molecule has 0 aliphatic heterocycles. The minimum absolute atomic E-state index is 0.0580. The van der Waals surface area contributed by atoms with E-state index in [1.54, 1.807) is 0 Å². The lowest BCUT2D eigenvalue weighted by Crippen LogP contribution is -2.35. The molecule has 76 valence electrons. The number of hydrogen-bond acceptors (Lipinski definition) is 3. The molecule has 4 nitrogen and oxygen atoms in total. The summed E-state index contributed by atoms with van der Waals surface area (Å²) in [6.45, 7) is 2.60. The normalized spacial score (nSPS) is 28.2. The summed E-state index contributed by atoms with van der Waals surface area (Å²) in [4.78, 5) is 11.3. The lowest BCUT2D eigenvalue weighted by atomic mass is 10.3. The third kappa shape index (κ3) is 3.32. The molecule has 1 amide bonds. The summed E-state index contributed by atoms with van der Waals surface area (Å²) >= 11 is 0. The Kier molecular flexibility index (Phi) is 3.69. The van der Waals surface area contributed by atoms with Crippen molar-refractivity contribution >= 4 is 5.91 Å². The number of carbonyl (C=O) groups excluding carboxylic acids is 1. The Labute approximate surface area is 78.3 Å². The van der Waals surface area contributed by atoms with Gasteiger partial charge < -0.3 is 15.2 Å². The molecule has 0 aromatic heterocycles. The largest absolute Gasteiger partial charge is 0.389 e. The molecule has 2 N–H and O–H groups in total. The number of aliphatic hydroxyl groups is 1. The zero-order valence-corrected chi connectivity index (χ0v) is 8.12. The summed E-state index contributed by atoms with van der Waals surface area (Å²) in [5.74, 6) is 0.747. The molecule has 1 rings (SSSR count).